The standard InChI is InChI=1S/C28H33N5O5.C27H31N5O5/c1-17-8-5-11-21(14-17)25(35)30-16-23(27(37)38-4)33-26(36)24-18(2)31-28(32-19(24)3)29-13-7-10-20-9-6-12-22(34)15-20;1-16-7-4-10-20(13-16)24(34)29-15-22(26(36)37)32-25(35)23-17(2)30-27(31-18(23)3)28-12-6-9-19-8-5-11-21(33)14-19/h5-6,8-9,11-12,14-15,23,34H,7,10,13,16H2,1-4H3,(H,30,35)(H,33,36)(H,29,31,32);4-5,7-8,10-11,13-14,22,33H,6,9,12,15H2,1-3H3,(H,29,34)(H,32,35)(H,36,37)(H,28,30,31)/t23-;22-/m00/s1. The largest absolute Gasteiger partial charge is 0.508 e. The van der Waals surface area contributed by atoms with Gasteiger partial charge < -0.3 is 52.0 Å². The molecule has 0 unspecified atom stereocenters. The van der Waals surface area contributed by atoms with Crippen molar-refractivity contribution in [3.8, 4) is 11.5 Å². The number of carboxylic acids is 1. The lowest BCUT2D eigenvalue weighted by Gasteiger charge is -2.19. The summed E-state index contributed by atoms with van der Waals surface area (Å²) in [6, 6.07) is 25.7. The number of carbonyl (C=O) groups is 6. The van der Waals surface area contributed by atoms with Crippen LogP contribution in [0.25, 0.3) is 0 Å². The summed E-state index contributed by atoms with van der Waals surface area (Å²) in [5.74, 6) is -2.73. The SMILES string of the molecule is COC(=O)[C@H](CNC(=O)c1cccc(C)c1)NC(=O)c1c(C)nc(NCCCc2cccc(O)c2)nc1C.Cc1cccc(C(=O)NC[C@H](NC(=O)c2c(C)nc(NCCCc3cccc(O)c3)nc2C)C(=O)O)c1. The van der Waals surface area contributed by atoms with Gasteiger partial charge in [0.15, 0.2) is 0 Å². The van der Waals surface area contributed by atoms with E-state index in [1.54, 1.807) is 100 Å². The van der Waals surface area contributed by atoms with E-state index in [-0.39, 0.29) is 41.6 Å². The third-order valence-corrected chi connectivity index (χ3v) is 11.6. The van der Waals surface area contributed by atoms with Crippen LogP contribution in [0.3, 0.4) is 0 Å². The molecule has 0 aliphatic heterocycles. The van der Waals surface area contributed by atoms with Crippen molar-refractivity contribution in [2.45, 2.75) is 79.3 Å². The minimum atomic E-state index is -1.34. The summed E-state index contributed by atoms with van der Waals surface area (Å²) >= 11 is 0. The fourth-order valence-electron chi connectivity index (χ4n) is 7.82. The van der Waals surface area contributed by atoms with E-state index >= 15 is 0 Å². The van der Waals surface area contributed by atoms with Crippen LogP contribution in [0.2, 0.25) is 0 Å². The van der Waals surface area contributed by atoms with Gasteiger partial charge in [0, 0.05) is 37.3 Å². The maximum Gasteiger partial charge on any atom is 0.330 e. The normalized spacial score (nSPS) is 11.4. The van der Waals surface area contributed by atoms with Crippen LogP contribution in [0.15, 0.2) is 97.1 Å². The van der Waals surface area contributed by atoms with Crippen LogP contribution in [0, 0.1) is 41.5 Å². The number of methoxy groups -OCH3 is 1. The van der Waals surface area contributed by atoms with Gasteiger partial charge in [-0.2, -0.15) is 0 Å². The molecule has 2 aromatic heterocycles. The number of benzene rings is 4. The molecule has 0 spiro atoms. The van der Waals surface area contributed by atoms with E-state index in [9.17, 15) is 44.1 Å². The molecule has 2 heterocycles. The molecule has 0 saturated carbocycles. The van der Waals surface area contributed by atoms with Gasteiger partial charge in [-0.05, 0) is 127 Å². The number of esters is 1. The third kappa shape index (κ3) is 17.7. The zero-order valence-corrected chi connectivity index (χ0v) is 43.0. The molecule has 0 aliphatic carbocycles. The zero-order valence-electron chi connectivity index (χ0n) is 43.0. The van der Waals surface area contributed by atoms with Crippen molar-refractivity contribution in [2.75, 3.05) is 43.9 Å². The first-order valence-electron chi connectivity index (χ1n) is 24.2. The predicted octanol–water partition coefficient (Wildman–Crippen LogP) is 5.62. The summed E-state index contributed by atoms with van der Waals surface area (Å²) in [6.45, 7) is 11.2. The number of nitrogens with one attached hydrogen (secondary N) is 6. The molecule has 20 heteroatoms. The number of aliphatic carboxylic acids is 1. The molecule has 0 radical (unpaired) electrons. The Balaban J connectivity index is 0.000000277. The lowest BCUT2D eigenvalue weighted by molar-refractivity contribution is -0.142. The van der Waals surface area contributed by atoms with Crippen LogP contribution in [0.1, 0.15) is 99.3 Å². The van der Waals surface area contributed by atoms with E-state index in [4.69, 9.17) is 4.74 Å². The van der Waals surface area contributed by atoms with Crippen molar-refractivity contribution in [1.82, 2.24) is 41.2 Å². The molecule has 4 amide bonds. The number of carboxylic acid groups (broad SMARTS) is 1. The molecule has 0 saturated heterocycles. The second kappa shape index (κ2) is 27.8. The average molecular weight is 1030 g/mol. The van der Waals surface area contributed by atoms with Crippen LogP contribution in [0.5, 0.6) is 11.5 Å². The van der Waals surface area contributed by atoms with Crippen molar-refractivity contribution in [3.05, 3.63) is 164 Å². The van der Waals surface area contributed by atoms with Crippen molar-refractivity contribution in [1.29, 1.82) is 0 Å². The summed E-state index contributed by atoms with van der Waals surface area (Å²) < 4.78 is 4.82. The predicted molar refractivity (Wildman–Crippen MR) is 282 cm³/mol. The van der Waals surface area contributed by atoms with Gasteiger partial charge in [0.1, 0.15) is 23.6 Å². The number of phenols is 2. The Morgan fingerprint density at radius 1 is 0.520 bits per heavy atom. The number of hydrogen-bond acceptors (Lipinski definition) is 15. The van der Waals surface area contributed by atoms with Gasteiger partial charge in [-0.3, -0.25) is 19.2 Å². The quantitative estimate of drug-likeness (QED) is 0.0295. The lowest BCUT2D eigenvalue weighted by Crippen LogP contribution is -2.49. The van der Waals surface area contributed by atoms with Gasteiger partial charge in [0.2, 0.25) is 11.9 Å². The maximum absolute atomic E-state index is 13.1. The molecule has 75 heavy (non-hydrogen) atoms. The van der Waals surface area contributed by atoms with Gasteiger partial charge in [-0.1, -0.05) is 59.7 Å². The molecule has 9 N–H and O–H groups in total. The molecule has 6 aromatic rings. The van der Waals surface area contributed by atoms with Gasteiger partial charge in [-0.25, -0.2) is 29.5 Å². The lowest BCUT2D eigenvalue weighted by atomic mass is 10.1. The summed E-state index contributed by atoms with van der Waals surface area (Å²) in [4.78, 5) is 92.4. The monoisotopic (exact) mass is 1020 g/mol. The highest BCUT2D eigenvalue weighted by atomic mass is 16.5. The number of rotatable bonds is 22. The first kappa shape index (κ1) is 57.0. The first-order valence-corrected chi connectivity index (χ1v) is 24.2. The number of aryl methyl sites for hydroxylation is 8. The summed E-state index contributed by atoms with van der Waals surface area (Å²) in [5, 5.41) is 45.3. The third-order valence-electron chi connectivity index (χ3n) is 11.6. The van der Waals surface area contributed by atoms with E-state index in [1.807, 2.05) is 38.1 Å². The first-order chi connectivity index (χ1) is 35.8. The fraction of sp³-hybridized carbons (Fsp3) is 0.309. The molecule has 394 valence electrons. The molecule has 20 nitrogen and oxygen atoms in total. The Labute approximate surface area is 435 Å². The number of aromatic nitrogens is 4. The Hall–Kier alpha value is -8.94. The number of hydrogen-bond donors (Lipinski definition) is 9. The van der Waals surface area contributed by atoms with E-state index in [0.717, 1.165) is 47.9 Å². The molecule has 0 fully saturated rings. The van der Waals surface area contributed by atoms with E-state index in [0.29, 0.717) is 58.9 Å². The number of anilines is 2. The molecular formula is C55H64N10O10. The molecule has 6 rings (SSSR count). The summed E-state index contributed by atoms with van der Waals surface area (Å²) in [5.41, 5.74) is 6.83. The van der Waals surface area contributed by atoms with Crippen molar-refractivity contribution in [2.24, 2.45) is 0 Å². The maximum atomic E-state index is 13.1. The highest BCUT2D eigenvalue weighted by molar-refractivity contribution is 6.00. The Kier molecular flexibility index (Phi) is 21.1. The van der Waals surface area contributed by atoms with Crippen molar-refractivity contribution < 1.29 is 48.8 Å². The molecule has 0 aliphatic rings. The fourth-order valence-corrected chi connectivity index (χ4v) is 7.82. The Morgan fingerprint density at radius 2 is 0.907 bits per heavy atom. The van der Waals surface area contributed by atoms with E-state index in [2.05, 4.69) is 51.8 Å². The van der Waals surface area contributed by atoms with Crippen LogP contribution < -0.4 is 31.9 Å². The number of aromatic hydroxyl groups is 2. The highest BCUT2D eigenvalue weighted by Crippen LogP contribution is 2.18. The van der Waals surface area contributed by atoms with Crippen LogP contribution in [0.4, 0.5) is 11.9 Å². The average Bonchev–Trinajstić information content (AvgIpc) is 3.36. The minimum Gasteiger partial charge on any atom is -0.508 e. The van der Waals surface area contributed by atoms with Crippen LogP contribution in [-0.2, 0) is 27.2 Å². The minimum absolute atomic E-state index is 0.150. The molecule has 4 aromatic carbocycles. The van der Waals surface area contributed by atoms with Gasteiger partial charge in [0.25, 0.3) is 23.6 Å². The summed E-state index contributed by atoms with van der Waals surface area (Å²) in [7, 11) is 1.21. The van der Waals surface area contributed by atoms with Gasteiger partial charge in [0.05, 0.1) is 41.0 Å². The van der Waals surface area contributed by atoms with Crippen LogP contribution >= 0.6 is 0 Å². The molecular weight excluding hydrogens is 961 g/mol. The number of carbonyl (C=O) groups excluding carboxylic acids is 5. The highest BCUT2D eigenvalue weighted by Gasteiger charge is 2.27. The van der Waals surface area contributed by atoms with E-state index in [1.165, 1.54) is 7.11 Å². The number of ether oxygens (including phenoxy) is 1. The van der Waals surface area contributed by atoms with Crippen LogP contribution in [-0.4, -0.2) is 116 Å². The number of amides is 4. The van der Waals surface area contributed by atoms with Gasteiger partial charge in [-0.15, -0.1) is 0 Å². The Morgan fingerprint density at radius 3 is 1.28 bits per heavy atom. The van der Waals surface area contributed by atoms with Crippen molar-refractivity contribution in [3.63, 3.8) is 0 Å². The van der Waals surface area contributed by atoms with Crippen molar-refractivity contribution >= 4 is 47.5 Å². The van der Waals surface area contributed by atoms with Gasteiger partial charge >= 0.3 is 11.9 Å². The summed E-state index contributed by atoms with van der Waals surface area (Å²) in [6.07, 6.45) is 3.11. The molecule has 2 atom stereocenters. The second-order valence-corrected chi connectivity index (χ2v) is 17.7. The smallest absolute Gasteiger partial charge is 0.330 e. The molecule has 0 bridgehead atoms. The zero-order chi connectivity index (χ0) is 54.6. The number of phenolic OH excluding ortho intramolecular Hbond substituents is 2. The Bertz CT molecular complexity index is 2960. The topological polar surface area (TPSA) is 296 Å². The second-order valence-electron chi connectivity index (χ2n) is 17.7. The van der Waals surface area contributed by atoms with E-state index < -0.39 is 41.7 Å². The number of nitrogens with zero attached hydrogens (tertiary/aromatic N) is 4.